The van der Waals surface area contributed by atoms with Crippen LogP contribution in [-0.2, 0) is 9.59 Å². The molecular formula is C26H25N5O3. The molecule has 3 aliphatic rings. The van der Waals surface area contributed by atoms with Crippen molar-refractivity contribution in [3.8, 4) is 5.75 Å². The normalized spacial score (nSPS) is 25.6. The first-order valence-electron chi connectivity index (χ1n) is 11.6. The van der Waals surface area contributed by atoms with E-state index in [0.717, 1.165) is 23.3 Å². The molecule has 0 radical (unpaired) electrons. The maximum absolute atomic E-state index is 13.1. The molecule has 1 aromatic heterocycles. The van der Waals surface area contributed by atoms with Crippen molar-refractivity contribution in [2.75, 3.05) is 17.3 Å². The minimum atomic E-state index is -0.319. The summed E-state index contributed by atoms with van der Waals surface area (Å²) in [7, 11) is 1.64. The summed E-state index contributed by atoms with van der Waals surface area (Å²) in [6.07, 6.45) is 5.87. The summed E-state index contributed by atoms with van der Waals surface area (Å²) in [5, 5.41) is 8.17. The van der Waals surface area contributed by atoms with Gasteiger partial charge in [0.05, 0.1) is 31.0 Å². The number of anilines is 2. The first kappa shape index (κ1) is 20.7. The van der Waals surface area contributed by atoms with Crippen LogP contribution in [0.1, 0.15) is 42.5 Å². The molecule has 8 heteroatoms. The molecule has 0 unspecified atom stereocenters. The van der Waals surface area contributed by atoms with Gasteiger partial charge in [-0.05, 0) is 42.5 Å². The Hall–Kier alpha value is -3.94. The number of carbonyl (C=O) groups excluding carboxylic acids is 2. The first-order valence-corrected chi connectivity index (χ1v) is 11.6. The molecule has 2 aliphatic heterocycles. The zero-order valence-electron chi connectivity index (χ0n) is 18.8. The average Bonchev–Trinajstić information content (AvgIpc) is 3.42. The summed E-state index contributed by atoms with van der Waals surface area (Å²) in [5.74, 6) is 0.427. The monoisotopic (exact) mass is 455 g/mol. The largest absolute Gasteiger partial charge is 0.497 e. The molecule has 4 atom stereocenters. The third-order valence-electron chi connectivity index (χ3n) is 7.09. The van der Waals surface area contributed by atoms with E-state index >= 15 is 0 Å². The number of aromatic nitrogens is 3. The predicted molar refractivity (Wildman–Crippen MR) is 126 cm³/mol. The number of fused-ring (bicyclic) bond motifs is 2. The lowest BCUT2D eigenvalue weighted by atomic mass is 9.85. The van der Waals surface area contributed by atoms with Crippen molar-refractivity contribution in [1.29, 1.82) is 0 Å². The second kappa shape index (κ2) is 8.13. The number of rotatable bonds is 4. The Morgan fingerprint density at radius 1 is 0.912 bits per heavy atom. The van der Waals surface area contributed by atoms with Gasteiger partial charge in [-0.3, -0.25) is 9.59 Å². The van der Waals surface area contributed by atoms with Crippen molar-refractivity contribution in [3.05, 3.63) is 77.9 Å². The average molecular weight is 456 g/mol. The highest BCUT2D eigenvalue weighted by atomic mass is 16.5. The van der Waals surface area contributed by atoms with Crippen molar-refractivity contribution < 1.29 is 14.3 Å². The van der Waals surface area contributed by atoms with Gasteiger partial charge in [0.2, 0.25) is 17.8 Å². The molecular weight excluding hydrogens is 430 g/mol. The molecule has 34 heavy (non-hydrogen) atoms. The molecule has 6 rings (SSSR count). The number of allylic oxidation sites excluding steroid dienone is 2. The van der Waals surface area contributed by atoms with E-state index in [0.29, 0.717) is 18.8 Å². The highest BCUT2D eigenvalue weighted by molar-refractivity contribution is 6.21. The maximum Gasteiger partial charge on any atom is 0.260 e. The van der Waals surface area contributed by atoms with Crippen LogP contribution in [-0.4, -0.2) is 33.7 Å². The van der Waals surface area contributed by atoms with E-state index in [4.69, 9.17) is 9.84 Å². The van der Waals surface area contributed by atoms with E-state index < -0.39 is 0 Å². The minimum absolute atomic E-state index is 0.00890. The number of benzene rings is 2. The SMILES string of the molecule is COc1ccc([C@@H]2C[C@@H](c3ccccc3)Nc3nc(N4C(=O)[C@H]5CC=CC[C@H]5C4=O)nn32)cc1. The summed E-state index contributed by atoms with van der Waals surface area (Å²) in [6.45, 7) is 0. The zero-order chi connectivity index (χ0) is 23.2. The van der Waals surface area contributed by atoms with E-state index in [1.807, 2.05) is 54.6 Å². The highest BCUT2D eigenvalue weighted by Crippen LogP contribution is 2.41. The Morgan fingerprint density at radius 3 is 2.24 bits per heavy atom. The second-order valence-corrected chi connectivity index (χ2v) is 8.98. The topological polar surface area (TPSA) is 89.3 Å². The molecule has 8 nitrogen and oxygen atoms in total. The van der Waals surface area contributed by atoms with Gasteiger partial charge >= 0.3 is 0 Å². The summed E-state index contributed by atoms with van der Waals surface area (Å²) in [5.41, 5.74) is 2.19. The lowest BCUT2D eigenvalue weighted by Gasteiger charge is -2.31. The predicted octanol–water partition coefficient (Wildman–Crippen LogP) is 3.89. The molecule has 3 heterocycles. The van der Waals surface area contributed by atoms with E-state index in [-0.39, 0.29) is 41.7 Å². The van der Waals surface area contributed by atoms with Crippen molar-refractivity contribution in [1.82, 2.24) is 14.8 Å². The van der Waals surface area contributed by atoms with Crippen LogP contribution in [0.25, 0.3) is 0 Å². The van der Waals surface area contributed by atoms with Crippen LogP contribution in [0, 0.1) is 11.8 Å². The highest BCUT2D eigenvalue weighted by Gasteiger charge is 2.49. The number of methoxy groups -OCH3 is 1. The van der Waals surface area contributed by atoms with E-state index in [1.165, 1.54) is 4.90 Å². The van der Waals surface area contributed by atoms with Crippen LogP contribution < -0.4 is 15.0 Å². The van der Waals surface area contributed by atoms with Crippen LogP contribution in [0.5, 0.6) is 5.75 Å². The second-order valence-electron chi connectivity index (χ2n) is 8.98. The molecule has 172 valence electrons. The number of hydrogen-bond donors (Lipinski definition) is 1. The van der Waals surface area contributed by atoms with Gasteiger partial charge in [-0.2, -0.15) is 4.98 Å². The van der Waals surface area contributed by atoms with E-state index in [9.17, 15) is 9.59 Å². The van der Waals surface area contributed by atoms with Crippen molar-refractivity contribution >= 4 is 23.7 Å². The van der Waals surface area contributed by atoms with Crippen LogP contribution >= 0.6 is 0 Å². The molecule has 1 fully saturated rings. The molecule has 2 aromatic carbocycles. The minimum Gasteiger partial charge on any atom is -0.497 e. The smallest absolute Gasteiger partial charge is 0.260 e. The standard InChI is InChI=1S/C26H25N5O3/c1-34-18-13-11-17(12-14-18)22-15-21(16-7-3-2-4-8-16)27-25-28-26(29-31(22)25)30-23(32)19-9-5-6-10-20(19)24(30)33/h2-8,11-14,19-22H,9-10,15H2,1H3,(H,27,28,29)/t19-,20+,21-,22-/m0/s1. The third kappa shape index (κ3) is 3.29. The molecule has 3 aromatic rings. The Bertz CT molecular complexity index is 1240. The fourth-order valence-electron chi connectivity index (χ4n) is 5.27. The van der Waals surface area contributed by atoms with Gasteiger partial charge in [0.1, 0.15) is 5.75 Å². The first-order chi connectivity index (χ1) is 16.6. The van der Waals surface area contributed by atoms with Crippen LogP contribution in [0.4, 0.5) is 11.9 Å². The van der Waals surface area contributed by atoms with Gasteiger partial charge in [-0.1, -0.05) is 54.6 Å². The number of hydrogen-bond acceptors (Lipinski definition) is 6. The molecule has 2 amide bonds. The molecule has 1 N–H and O–H groups in total. The zero-order valence-corrected chi connectivity index (χ0v) is 18.8. The lowest BCUT2D eigenvalue weighted by molar-refractivity contribution is -0.122. The number of ether oxygens (including phenoxy) is 1. The van der Waals surface area contributed by atoms with E-state index in [2.05, 4.69) is 22.4 Å². The Balaban J connectivity index is 1.40. The van der Waals surface area contributed by atoms with Gasteiger partial charge in [0.25, 0.3) is 5.95 Å². The number of imide groups is 1. The lowest BCUT2D eigenvalue weighted by Crippen LogP contribution is -2.32. The Kier molecular flexibility index (Phi) is 4.94. The van der Waals surface area contributed by atoms with Crippen molar-refractivity contribution in [2.45, 2.75) is 31.3 Å². The molecule has 1 aliphatic carbocycles. The Morgan fingerprint density at radius 2 is 1.59 bits per heavy atom. The summed E-state index contributed by atoms with van der Waals surface area (Å²) in [6, 6.07) is 18.0. The number of nitrogens with one attached hydrogen (secondary N) is 1. The van der Waals surface area contributed by atoms with Gasteiger partial charge in [0, 0.05) is 0 Å². The van der Waals surface area contributed by atoms with Crippen LogP contribution in [0.15, 0.2) is 66.7 Å². The third-order valence-corrected chi connectivity index (χ3v) is 7.09. The fourth-order valence-corrected chi connectivity index (χ4v) is 5.27. The van der Waals surface area contributed by atoms with Crippen molar-refractivity contribution in [3.63, 3.8) is 0 Å². The van der Waals surface area contributed by atoms with Crippen molar-refractivity contribution in [2.24, 2.45) is 11.8 Å². The van der Waals surface area contributed by atoms with Gasteiger partial charge in [-0.25, -0.2) is 9.58 Å². The molecule has 0 spiro atoms. The van der Waals surface area contributed by atoms with E-state index in [1.54, 1.807) is 11.8 Å². The molecule has 0 saturated carbocycles. The number of carbonyl (C=O) groups is 2. The Labute approximate surface area is 197 Å². The molecule has 0 bridgehead atoms. The quantitative estimate of drug-likeness (QED) is 0.474. The summed E-state index contributed by atoms with van der Waals surface area (Å²) < 4.78 is 7.13. The fraction of sp³-hybridized carbons (Fsp3) is 0.308. The van der Waals surface area contributed by atoms with Crippen LogP contribution in [0.3, 0.4) is 0 Å². The van der Waals surface area contributed by atoms with Gasteiger partial charge in [0.15, 0.2) is 0 Å². The summed E-state index contributed by atoms with van der Waals surface area (Å²) in [4.78, 5) is 32.1. The van der Waals surface area contributed by atoms with Crippen LogP contribution in [0.2, 0.25) is 0 Å². The molecule has 1 saturated heterocycles. The number of amides is 2. The van der Waals surface area contributed by atoms with Gasteiger partial charge in [-0.15, -0.1) is 5.10 Å². The van der Waals surface area contributed by atoms with Gasteiger partial charge < -0.3 is 10.1 Å². The number of nitrogens with zero attached hydrogens (tertiary/aromatic N) is 4. The maximum atomic E-state index is 13.1. The summed E-state index contributed by atoms with van der Waals surface area (Å²) >= 11 is 0.